The number of rotatable bonds is 7. The zero-order chi connectivity index (χ0) is 23.4. The van der Waals surface area contributed by atoms with Gasteiger partial charge in [-0.3, -0.25) is 19.8 Å². The fourth-order valence-corrected chi connectivity index (χ4v) is 4.06. The second-order valence-electron chi connectivity index (χ2n) is 7.41. The predicted molar refractivity (Wildman–Crippen MR) is 133 cm³/mol. The number of halogens is 1. The maximum atomic E-state index is 13.3. The van der Waals surface area contributed by atoms with E-state index in [-0.39, 0.29) is 16.8 Å². The summed E-state index contributed by atoms with van der Waals surface area (Å²) >= 11 is 8.79. The van der Waals surface area contributed by atoms with Gasteiger partial charge < -0.3 is 9.47 Å². The van der Waals surface area contributed by atoms with Crippen molar-refractivity contribution in [1.29, 1.82) is 0 Å². The number of thiocarbonyl (C=S) groups is 1. The topological polar surface area (TPSA) is 67.9 Å². The van der Waals surface area contributed by atoms with E-state index in [0.717, 1.165) is 12.0 Å². The van der Waals surface area contributed by atoms with Gasteiger partial charge in [-0.05, 0) is 96.8 Å². The van der Waals surface area contributed by atoms with Crippen molar-refractivity contribution < 1.29 is 19.1 Å². The lowest BCUT2D eigenvalue weighted by Gasteiger charge is -2.29. The van der Waals surface area contributed by atoms with Gasteiger partial charge in [0.25, 0.3) is 11.8 Å². The van der Waals surface area contributed by atoms with E-state index in [1.807, 2.05) is 45.0 Å². The third-order valence-electron chi connectivity index (χ3n) is 4.70. The number of benzene rings is 2. The number of aryl methyl sites for hydroxylation is 1. The molecule has 6 nitrogen and oxygen atoms in total. The molecule has 0 atom stereocenters. The number of ether oxygens (including phenoxy) is 2. The molecule has 2 aromatic carbocycles. The Hall–Kier alpha value is -2.71. The average Bonchev–Trinajstić information content (AvgIpc) is 2.74. The van der Waals surface area contributed by atoms with Crippen LogP contribution in [0.4, 0.5) is 5.69 Å². The molecule has 0 unspecified atom stereocenters. The average molecular weight is 517 g/mol. The van der Waals surface area contributed by atoms with Crippen LogP contribution in [0.1, 0.15) is 38.8 Å². The first kappa shape index (κ1) is 23.9. The number of carbonyl (C=O) groups is 2. The van der Waals surface area contributed by atoms with Gasteiger partial charge in [0.15, 0.2) is 16.6 Å². The third-order valence-corrected chi connectivity index (χ3v) is 5.57. The molecule has 8 heteroatoms. The van der Waals surface area contributed by atoms with E-state index in [0.29, 0.717) is 33.8 Å². The van der Waals surface area contributed by atoms with Crippen LogP contribution in [0.3, 0.4) is 0 Å². The number of amides is 2. The number of anilines is 1. The van der Waals surface area contributed by atoms with Crippen LogP contribution in [-0.2, 0) is 16.0 Å². The van der Waals surface area contributed by atoms with Gasteiger partial charge in [0.05, 0.1) is 22.9 Å². The summed E-state index contributed by atoms with van der Waals surface area (Å²) in [5, 5.41) is 2.66. The minimum Gasteiger partial charge on any atom is -0.490 e. The second kappa shape index (κ2) is 10.3. The van der Waals surface area contributed by atoms with E-state index in [1.54, 1.807) is 12.1 Å². The van der Waals surface area contributed by atoms with E-state index in [9.17, 15) is 9.59 Å². The molecule has 0 spiro atoms. The first-order valence-corrected chi connectivity index (χ1v) is 11.6. The largest absolute Gasteiger partial charge is 0.490 e. The van der Waals surface area contributed by atoms with E-state index >= 15 is 0 Å². The zero-order valence-electron chi connectivity index (χ0n) is 18.4. The van der Waals surface area contributed by atoms with Gasteiger partial charge in [0, 0.05) is 0 Å². The van der Waals surface area contributed by atoms with E-state index in [4.69, 9.17) is 21.7 Å². The van der Waals surface area contributed by atoms with Gasteiger partial charge in [-0.25, -0.2) is 0 Å². The third kappa shape index (κ3) is 5.19. The first-order chi connectivity index (χ1) is 15.2. The number of carbonyl (C=O) groups excluding carboxylic acids is 2. The van der Waals surface area contributed by atoms with Crippen LogP contribution >= 0.6 is 28.1 Å². The molecule has 1 aliphatic heterocycles. The van der Waals surface area contributed by atoms with Gasteiger partial charge >= 0.3 is 0 Å². The van der Waals surface area contributed by atoms with Crippen LogP contribution < -0.4 is 19.7 Å². The Morgan fingerprint density at radius 3 is 2.44 bits per heavy atom. The molecule has 0 bridgehead atoms. The fourth-order valence-electron chi connectivity index (χ4n) is 3.22. The van der Waals surface area contributed by atoms with Crippen LogP contribution in [0, 0.1) is 0 Å². The lowest BCUT2D eigenvalue weighted by Crippen LogP contribution is -2.54. The standard InChI is InChI=1S/C24H25BrN2O4S/c1-5-15-7-9-17(10-8-15)27-23(29)18(22(28)26-24(27)32)11-16-12-19(25)21(31-14(3)4)20(13-16)30-6-2/h7-14H,5-6H2,1-4H3,(H,26,28,32)/b18-11+. The van der Waals surface area contributed by atoms with Crippen LogP contribution in [0.15, 0.2) is 46.4 Å². The smallest absolute Gasteiger partial charge is 0.270 e. The fraction of sp³-hybridized carbons (Fsp3) is 0.292. The summed E-state index contributed by atoms with van der Waals surface area (Å²) in [6.45, 7) is 8.22. The van der Waals surface area contributed by atoms with Gasteiger partial charge in [-0.2, -0.15) is 0 Å². The van der Waals surface area contributed by atoms with Gasteiger partial charge in [0.1, 0.15) is 5.57 Å². The van der Waals surface area contributed by atoms with Crippen LogP contribution in [-0.4, -0.2) is 29.6 Å². The summed E-state index contributed by atoms with van der Waals surface area (Å²) in [7, 11) is 0. The van der Waals surface area contributed by atoms with E-state index in [1.165, 1.54) is 11.0 Å². The maximum absolute atomic E-state index is 13.3. The Kier molecular flexibility index (Phi) is 7.69. The highest BCUT2D eigenvalue weighted by Crippen LogP contribution is 2.38. The van der Waals surface area contributed by atoms with E-state index in [2.05, 4.69) is 28.2 Å². The molecule has 2 aromatic rings. The Bertz CT molecular complexity index is 1080. The molecule has 1 fully saturated rings. The van der Waals surface area contributed by atoms with Crippen LogP contribution in [0.2, 0.25) is 0 Å². The highest BCUT2D eigenvalue weighted by Gasteiger charge is 2.34. The molecule has 1 N–H and O–H groups in total. The van der Waals surface area contributed by atoms with Crippen molar-refractivity contribution in [3.63, 3.8) is 0 Å². The van der Waals surface area contributed by atoms with Crippen molar-refractivity contribution in [2.24, 2.45) is 0 Å². The second-order valence-corrected chi connectivity index (χ2v) is 8.65. The highest BCUT2D eigenvalue weighted by molar-refractivity contribution is 9.10. The van der Waals surface area contributed by atoms with Crippen molar-refractivity contribution in [3.8, 4) is 11.5 Å². The minimum absolute atomic E-state index is 0.0231. The number of hydrogen-bond acceptors (Lipinski definition) is 5. The summed E-state index contributed by atoms with van der Waals surface area (Å²) in [5.74, 6) is 0.0634. The maximum Gasteiger partial charge on any atom is 0.270 e. The van der Waals surface area contributed by atoms with Crippen molar-refractivity contribution in [1.82, 2.24) is 5.32 Å². The molecule has 0 saturated carbocycles. The first-order valence-electron chi connectivity index (χ1n) is 10.4. The molecule has 0 aliphatic carbocycles. The summed E-state index contributed by atoms with van der Waals surface area (Å²) in [6.07, 6.45) is 2.36. The summed E-state index contributed by atoms with van der Waals surface area (Å²) in [5.41, 5.74) is 2.33. The Morgan fingerprint density at radius 1 is 1.16 bits per heavy atom. The number of nitrogens with zero attached hydrogens (tertiary/aromatic N) is 1. The van der Waals surface area contributed by atoms with Crippen molar-refractivity contribution in [2.75, 3.05) is 11.5 Å². The Balaban J connectivity index is 2.01. The molecular weight excluding hydrogens is 492 g/mol. The molecule has 2 amide bonds. The van der Waals surface area contributed by atoms with Crippen molar-refractivity contribution in [2.45, 2.75) is 40.2 Å². The lowest BCUT2D eigenvalue weighted by atomic mass is 10.1. The number of nitrogens with one attached hydrogen (secondary N) is 1. The predicted octanol–water partition coefficient (Wildman–Crippen LogP) is 5.03. The molecule has 0 aromatic heterocycles. The quantitative estimate of drug-likeness (QED) is 0.317. The molecule has 3 rings (SSSR count). The monoisotopic (exact) mass is 516 g/mol. The van der Waals surface area contributed by atoms with Crippen molar-refractivity contribution in [3.05, 3.63) is 57.6 Å². The van der Waals surface area contributed by atoms with Crippen molar-refractivity contribution >= 4 is 56.8 Å². The van der Waals surface area contributed by atoms with Gasteiger partial charge in [-0.1, -0.05) is 19.1 Å². The minimum atomic E-state index is -0.544. The molecule has 1 saturated heterocycles. The normalized spacial score (nSPS) is 15.4. The molecular formula is C24H25BrN2O4S. The van der Waals surface area contributed by atoms with Gasteiger partial charge in [-0.15, -0.1) is 0 Å². The summed E-state index contributed by atoms with van der Waals surface area (Å²) < 4.78 is 12.3. The van der Waals surface area contributed by atoms with E-state index < -0.39 is 11.8 Å². The van der Waals surface area contributed by atoms with Crippen LogP contribution in [0.25, 0.3) is 6.08 Å². The van der Waals surface area contributed by atoms with Crippen LogP contribution in [0.5, 0.6) is 11.5 Å². The number of hydrogen-bond donors (Lipinski definition) is 1. The van der Waals surface area contributed by atoms with Gasteiger partial charge in [0.2, 0.25) is 0 Å². The lowest BCUT2D eigenvalue weighted by molar-refractivity contribution is -0.122. The molecule has 32 heavy (non-hydrogen) atoms. The highest BCUT2D eigenvalue weighted by atomic mass is 79.9. The Morgan fingerprint density at radius 2 is 1.84 bits per heavy atom. The summed E-state index contributed by atoms with van der Waals surface area (Å²) in [6, 6.07) is 11.0. The Labute approximate surface area is 201 Å². The molecule has 168 valence electrons. The zero-order valence-corrected chi connectivity index (χ0v) is 20.8. The summed E-state index contributed by atoms with van der Waals surface area (Å²) in [4.78, 5) is 27.2. The molecule has 1 heterocycles. The molecule has 1 aliphatic rings. The molecule has 0 radical (unpaired) electrons. The SMILES string of the molecule is CCOc1cc(/C=C2\C(=O)NC(=S)N(c3ccc(CC)cc3)C2=O)cc(Br)c1OC(C)C.